The first-order valence-corrected chi connectivity index (χ1v) is 14.1. The highest BCUT2D eigenvalue weighted by Crippen LogP contribution is 2.18. The van der Waals surface area contributed by atoms with Crippen molar-refractivity contribution in [1.29, 1.82) is 0 Å². The summed E-state index contributed by atoms with van der Waals surface area (Å²) >= 11 is 0. The first-order valence-electron chi connectivity index (χ1n) is 14.1. The lowest BCUT2D eigenvalue weighted by Crippen LogP contribution is -2.27. The van der Waals surface area contributed by atoms with Crippen molar-refractivity contribution in [2.75, 3.05) is 62.0 Å². The fourth-order valence-electron chi connectivity index (χ4n) is 3.99. The fourth-order valence-corrected chi connectivity index (χ4v) is 3.99. The topological polar surface area (TPSA) is 148 Å². The van der Waals surface area contributed by atoms with E-state index in [2.05, 4.69) is 48.4 Å². The van der Waals surface area contributed by atoms with Crippen molar-refractivity contribution in [3.8, 4) is 0 Å². The number of ether oxygens (including phenoxy) is 2. The Hall–Kier alpha value is -4.65. The van der Waals surface area contributed by atoms with Crippen molar-refractivity contribution in [2.24, 2.45) is 5.73 Å². The number of nitrogens with one attached hydrogen (secondary N) is 4. The van der Waals surface area contributed by atoms with Crippen LogP contribution < -0.4 is 27.0 Å². The third-order valence-corrected chi connectivity index (χ3v) is 6.06. The zero-order valence-corrected chi connectivity index (χ0v) is 23.9. The van der Waals surface area contributed by atoms with E-state index in [0.29, 0.717) is 75.8 Å². The second-order valence-corrected chi connectivity index (χ2v) is 9.43. The number of hydrogen-bond acceptors (Lipinski definition) is 10. The van der Waals surface area contributed by atoms with Crippen LogP contribution in [0.5, 0.6) is 0 Å². The molecule has 0 fully saturated rings. The summed E-state index contributed by atoms with van der Waals surface area (Å²) in [7, 11) is 0. The first-order chi connectivity index (χ1) is 21.1. The molecule has 0 aliphatic heterocycles. The van der Waals surface area contributed by atoms with Gasteiger partial charge in [0.1, 0.15) is 5.82 Å². The van der Waals surface area contributed by atoms with Crippen LogP contribution in [0.3, 0.4) is 0 Å². The fraction of sp³-hybridized carbons (Fsp3) is 0.290. The highest BCUT2D eigenvalue weighted by atomic mass is 19.1. The first kappa shape index (κ1) is 31.3. The van der Waals surface area contributed by atoms with Gasteiger partial charge in [0, 0.05) is 37.4 Å². The number of nitrogens with two attached hydrogens (primary N) is 1. The van der Waals surface area contributed by atoms with Crippen LogP contribution >= 0.6 is 0 Å². The number of hydrogen-bond donors (Lipinski definition) is 5. The molecule has 1 amide bonds. The molecule has 12 heteroatoms. The molecule has 6 N–H and O–H groups in total. The zero-order valence-electron chi connectivity index (χ0n) is 23.9. The van der Waals surface area contributed by atoms with Crippen LogP contribution in [0, 0.1) is 5.82 Å². The van der Waals surface area contributed by atoms with E-state index in [1.54, 1.807) is 24.3 Å². The summed E-state index contributed by atoms with van der Waals surface area (Å²) in [4.78, 5) is 26.2. The van der Waals surface area contributed by atoms with Crippen LogP contribution in [-0.2, 0) is 22.4 Å². The van der Waals surface area contributed by atoms with Gasteiger partial charge in [-0.25, -0.2) is 4.39 Å². The molecule has 4 aromatic rings. The van der Waals surface area contributed by atoms with Crippen LogP contribution in [0.25, 0.3) is 0 Å². The van der Waals surface area contributed by atoms with E-state index >= 15 is 0 Å². The summed E-state index contributed by atoms with van der Waals surface area (Å²) in [5, 5.41) is 12.4. The predicted molar refractivity (Wildman–Crippen MR) is 165 cm³/mol. The maximum absolute atomic E-state index is 13.7. The van der Waals surface area contributed by atoms with Crippen LogP contribution in [0.2, 0.25) is 0 Å². The molecular formula is C31H37FN8O3. The van der Waals surface area contributed by atoms with Crippen LogP contribution in [-0.4, -0.2) is 66.9 Å². The molecule has 3 aromatic carbocycles. The van der Waals surface area contributed by atoms with E-state index < -0.39 is 0 Å². The molecule has 0 bridgehead atoms. The number of carbonyl (C=O) groups excluding carboxylic acids is 1. The van der Waals surface area contributed by atoms with Gasteiger partial charge in [0.05, 0.1) is 26.4 Å². The molecule has 1 heterocycles. The monoisotopic (exact) mass is 588 g/mol. The molecule has 226 valence electrons. The molecular weight excluding hydrogens is 551 g/mol. The minimum Gasteiger partial charge on any atom is -0.378 e. The number of carbonyl (C=O) groups is 1. The summed E-state index contributed by atoms with van der Waals surface area (Å²) < 4.78 is 24.4. The van der Waals surface area contributed by atoms with Crippen molar-refractivity contribution < 1.29 is 18.7 Å². The van der Waals surface area contributed by atoms with E-state index in [9.17, 15) is 9.18 Å². The summed E-state index contributed by atoms with van der Waals surface area (Å²) in [6.45, 7) is 3.52. The molecule has 0 atom stereocenters. The summed E-state index contributed by atoms with van der Waals surface area (Å²) in [5.74, 6) is 0.415. The van der Waals surface area contributed by atoms with E-state index in [4.69, 9.17) is 15.2 Å². The maximum Gasteiger partial charge on any atom is 0.251 e. The molecule has 0 radical (unpaired) electrons. The Morgan fingerprint density at radius 3 is 2.26 bits per heavy atom. The zero-order chi connectivity index (χ0) is 30.1. The molecule has 0 aliphatic carbocycles. The molecule has 11 nitrogen and oxygen atoms in total. The minimum absolute atomic E-state index is 0.233. The average molecular weight is 589 g/mol. The normalized spacial score (nSPS) is 10.7. The van der Waals surface area contributed by atoms with Gasteiger partial charge < -0.3 is 36.5 Å². The number of amides is 1. The van der Waals surface area contributed by atoms with Gasteiger partial charge in [-0.15, -0.1) is 0 Å². The Bertz CT molecular complexity index is 1430. The van der Waals surface area contributed by atoms with E-state index in [-0.39, 0.29) is 17.7 Å². The predicted octanol–water partition coefficient (Wildman–Crippen LogP) is 3.74. The van der Waals surface area contributed by atoms with E-state index in [0.717, 1.165) is 12.0 Å². The van der Waals surface area contributed by atoms with Gasteiger partial charge in [-0.05, 0) is 47.9 Å². The lowest BCUT2D eigenvalue weighted by Gasteiger charge is -2.12. The lowest BCUT2D eigenvalue weighted by molar-refractivity contribution is 0.0511. The third kappa shape index (κ3) is 11.3. The number of anilines is 4. The molecule has 43 heavy (non-hydrogen) atoms. The summed E-state index contributed by atoms with van der Waals surface area (Å²) in [6.07, 6.45) is 0.783. The lowest BCUT2D eigenvalue weighted by atomic mass is 10.1. The molecule has 0 unspecified atom stereocenters. The quantitative estimate of drug-likeness (QED) is 0.109. The number of rotatable bonds is 18. The van der Waals surface area contributed by atoms with Gasteiger partial charge in [-0.2, -0.15) is 15.0 Å². The van der Waals surface area contributed by atoms with Crippen LogP contribution in [0.15, 0.2) is 78.9 Å². The number of aromatic nitrogens is 3. The van der Waals surface area contributed by atoms with E-state index in [1.165, 1.54) is 17.7 Å². The highest BCUT2D eigenvalue weighted by Gasteiger charge is 2.10. The molecule has 0 saturated heterocycles. The SMILES string of the molecule is NCCOCCOCCNC(=O)c1cccc(Nc2nc(NCCc3ccccc3)nc(NCc3cccc(F)c3)n2)c1. The standard InChI is InChI=1S/C31H37FN8O3/c32-26-10-4-8-24(20-26)22-36-30-38-29(35-14-12-23-6-2-1-3-7-23)39-31(40-30)37-27-11-5-9-25(21-27)28(41)34-15-17-43-19-18-42-16-13-33/h1-11,20-21H,12-19,22,33H2,(H,34,41)(H3,35,36,37,38,39,40). The Balaban J connectivity index is 1.38. The van der Waals surface area contributed by atoms with Crippen molar-refractivity contribution in [1.82, 2.24) is 20.3 Å². The van der Waals surface area contributed by atoms with Gasteiger partial charge in [-0.3, -0.25) is 4.79 Å². The molecule has 1 aromatic heterocycles. The van der Waals surface area contributed by atoms with Crippen molar-refractivity contribution in [2.45, 2.75) is 13.0 Å². The van der Waals surface area contributed by atoms with Crippen LogP contribution in [0.4, 0.5) is 27.9 Å². The second-order valence-electron chi connectivity index (χ2n) is 9.43. The number of nitrogens with zero attached hydrogens (tertiary/aromatic N) is 3. The maximum atomic E-state index is 13.7. The van der Waals surface area contributed by atoms with Gasteiger partial charge in [-0.1, -0.05) is 48.5 Å². The van der Waals surface area contributed by atoms with Crippen molar-refractivity contribution in [3.63, 3.8) is 0 Å². The molecule has 0 saturated carbocycles. The Morgan fingerprint density at radius 2 is 1.47 bits per heavy atom. The van der Waals surface area contributed by atoms with Gasteiger partial charge >= 0.3 is 0 Å². The van der Waals surface area contributed by atoms with Gasteiger partial charge in [0.25, 0.3) is 5.91 Å². The van der Waals surface area contributed by atoms with Gasteiger partial charge in [0.15, 0.2) is 0 Å². The summed E-state index contributed by atoms with van der Waals surface area (Å²) in [5.41, 5.74) is 8.40. The number of halogens is 1. The smallest absolute Gasteiger partial charge is 0.251 e. The van der Waals surface area contributed by atoms with E-state index in [1.807, 2.05) is 30.3 Å². The molecule has 4 rings (SSSR count). The Kier molecular flexibility index (Phi) is 12.6. The molecule has 0 aliphatic rings. The van der Waals surface area contributed by atoms with Crippen molar-refractivity contribution in [3.05, 3.63) is 101 Å². The third-order valence-electron chi connectivity index (χ3n) is 6.06. The highest BCUT2D eigenvalue weighted by molar-refractivity contribution is 5.95. The minimum atomic E-state index is -0.315. The van der Waals surface area contributed by atoms with Crippen LogP contribution in [0.1, 0.15) is 21.5 Å². The number of benzene rings is 3. The molecule has 0 spiro atoms. The second kappa shape index (κ2) is 17.3. The average Bonchev–Trinajstić information content (AvgIpc) is 3.02. The van der Waals surface area contributed by atoms with Crippen molar-refractivity contribution >= 4 is 29.4 Å². The Morgan fingerprint density at radius 1 is 0.744 bits per heavy atom. The Labute approximate surface area is 250 Å². The largest absolute Gasteiger partial charge is 0.378 e. The van der Waals surface area contributed by atoms with Gasteiger partial charge in [0.2, 0.25) is 17.8 Å². The summed E-state index contributed by atoms with van der Waals surface area (Å²) in [6, 6.07) is 23.4.